The fourth-order valence-electron chi connectivity index (χ4n) is 4.24. The van der Waals surface area contributed by atoms with Gasteiger partial charge in [-0.2, -0.15) is 0 Å². The fraction of sp³-hybridized carbons (Fsp3) is 0.476. The average molecular weight is 381 g/mol. The molecule has 1 saturated heterocycles. The van der Waals surface area contributed by atoms with E-state index < -0.39 is 0 Å². The lowest BCUT2D eigenvalue weighted by atomic mass is 9.79. The summed E-state index contributed by atoms with van der Waals surface area (Å²) in [4.78, 5) is 16.1. The predicted octanol–water partition coefficient (Wildman–Crippen LogP) is 4.49. The van der Waals surface area contributed by atoms with Gasteiger partial charge < -0.3 is 9.64 Å². The van der Waals surface area contributed by atoms with E-state index in [4.69, 9.17) is 9.72 Å². The number of ether oxygens (including phenoxy) is 1. The molecule has 1 aliphatic heterocycles. The van der Waals surface area contributed by atoms with Crippen molar-refractivity contribution in [1.29, 1.82) is 0 Å². The summed E-state index contributed by atoms with van der Waals surface area (Å²) in [6.07, 6.45) is 10.3. The number of hydrogen-bond acceptors (Lipinski definition) is 6. The van der Waals surface area contributed by atoms with Crippen LogP contribution in [0.1, 0.15) is 43.0 Å². The number of aromatic nitrogens is 3. The van der Waals surface area contributed by atoms with Crippen LogP contribution in [0.25, 0.3) is 21.3 Å². The third-order valence-corrected chi connectivity index (χ3v) is 7.10. The van der Waals surface area contributed by atoms with Gasteiger partial charge in [0.25, 0.3) is 0 Å². The number of nitrogens with zero attached hydrogens (tertiary/aromatic N) is 4. The highest BCUT2D eigenvalue weighted by Gasteiger charge is 2.36. The second kappa shape index (κ2) is 7.17. The zero-order chi connectivity index (χ0) is 18.2. The van der Waals surface area contributed by atoms with Gasteiger partial charge in [-0.1, -0.05) is 12.5 Å². The molecule has 0 bridgehead atoms. The SMILES string of the molecule is COc1ncc(-c2ccc3nc([C@H]4C[C@@H](N5CCCCC5)C4)sc3c2)cn1. The first-order valence-electron chi connectivity index (χ1n) is 9.81. The first-order chi connectivity index (χ1) is 13.3. The lowest BCUT2D eigenvalue weighted by Gasteiger charge is -2.43. The van der Waals surface area contributed by atoms with E-state index >= 15 is 0 Å². The fourth-order valence-corrected chi connectivity index (χ4v) is 5.37. The summed E-state index contributed by atoms with van der Waals surface area (Å²) in [6.45, 7) is 2.59. The van der Waals surface area contributed by atoms with E-state index in [1.165, 1.54) is 54.9 Å². The molecule has 5 nitrogen and oxygen atoms in total. The average Bonchev–Trinajstić information content (AvgIpc) is 3.10. The maximum atomic E-state index is 5.04. The molecular formula is C21H24N4OS. The van der Waals surface area contributed by atoms with Crippen LogP contribution in [0.3, 0.4) is 0 Å². The molecule has 0 N–H and O–H groups in total. The Bertz CT molecular complexity index is 927. The molecular weight excluding hydrogens is 356 g/mol. The summed E-state index contributed by atoms with van der Waals surface area (Å²) in [7, 11) is 1.58. The van der Waals surface area contributed by atoms with Crippen molar-refractivity contribution in [2.45, 2.75) is 44.1 Å². The quantitative estimate of drug-likeness (QED) is 0.667. The monoisotopic (exact) mass is 380 g/mol. The lowest BCUT2D eigenvalue weighted by molar-refractivity contribution is 0.0888. The van der Waals surface area contributed by atoms with Crippen molar-refractivity contribution in [2.24, 2.45) is 0 Å². The van der Waals surface area contributed by atoms with E-state index in [1.54, 1.807) is 7.11 Å². The maximum Gasteiger partial charge on any atom is 0.316 e. The molecule has 140 valence electrons. The van der Waals surface area contributed by atoms with Crippen LogP contribution in [0.5, 0.6) is 6.01 Å². The summed E-state index contributed by atoms with van der Waals surface area (Å²) in [6, 6.07) is 7.62. The second-order valence-electron chi connectivity index (χ2n) is 7.61. The lowest BCUT2D eigenvalue weighted by Crippen LogP contribution is -2.46. The van der Waals surface area contributed by atoms with Gasteiger partial charge in [0.1, 0.15) is 0 Å². The number of piperidine rings is 1. The van der Waals surface area contributed by atoms with Crippen LogP contribution in [0.4, 0.5) is 0 Å². The summed E-state index contributed by atoms with van der Waals surface area (Å²) >= 11 is 1.85. The number of benzene rings is 1. The minimum Gasteiger partial charge on any atom is -0.467 e. The predicted molar refractivity (Wildman–Crippen MR) is 108 cm³/mol. The summed E-state index contributed by atoms with van der Waals surface area (Å²) in [5.74, 6) is 0.641. The van der Waals surface area contributed by atoms with Crippen LogP contribution in [0, 0.1) is 0 Å². The molecule has 0 spiro atoms. The number of methoxy groups -OCH3 is 1. The molecule has 5 rings (SSSR count). The third kappa shape index (κ3) is 3.32. The first kappa shape index (κ1) is 17.1. The van der Waals surface area contributed by atoms with Gasteiger partial charge in [0, 0.05) is 29.9 Å². The Hall–Kier alpha value is -2.05. The van der Waals surface area contributed by atoms with E-state index in [-0.39, 0.29) is 0 Å². The minimum atomic E-state index is 0.396. The van der Waals surface area contributed by atoms with E-state index in [2.05, 4.69) is 33.1 Å². The molecule has 2 fully saturated rings. The van der Waals surface area contributed by atoms with Crippen LogP contribution < -0.4 is 4.74 Å². The standard InChI is InChI=1S/C21H24N4OS/c1-26-21-22-12-16(13-23-21)14-5-6-18-19(11-14)27-20(24-18)15-9-17(10-15)25-7-3-2-4-8-25/h5-6,11-13,15,17H,2-4,7-10H2,1H3/t15-,17+. The smallest absolute Gasteiger partial charge is 0.316 e. The van der Waals surface area contributed by atoms with Crippen molar-refractivity contribution in [2.75, 3.05) is 20.2 Å². The van der Waals surface area contributed by atoms with Crippen molar-refractivity contribution in [1.82, 2.24) is 19.9 Å². The molecule has 2 aliphatic rings. The number of hydrogen-bond donors (Lipinski definition) is 0. The van der Waals surface area contributed by atoms with Crippen molar-refractivity contribution >= 4 is 21.6 Å². The highest BCUT2D eigenvalue weighted by molar-refractivity contribution is 7.18. The van der Waals surface area contributed by atoms with E-state index in [0.717, 1.165) is 22.7 Å². The highest BCUT2D eigenvalue weighted by Crippen LogP contribution is 2.43. The molecule has 3 heterocycles. The second-order valence-corrected chi connectivity index (χ2v) is 8.67. The Balaban J connectivity index is 1.32. The molecule has 1 saturated carbocycles. The van der Waals surface area contributed by atoms with Crippen LogP contribution in [0.15, 0.2) is 30.6 Å². The molecule has 3 aromatic rings. The van der Waals surface area contributed by atoms with Crippen molar-refractivity contribution < 1.29 is 4.74 Å². The van der Waals surface area contributed by atoms with Gasteiger partial charge in [0.2, 0.25) is 0 Å². The van der Waals surface area contributed by atoms with Crippen LogP contribution >= 0.6 is 11.3 Å². The molecule has 0 unspecified atom stereocenters. The van der Waals surface area contributed by atoms with Crippen LogP contribution in [-0.4, -0.2) is 46.1 Å². The maximum absolute atomic E-state index is 5.04. The Kier molecular flexibility index (Phi) is 4.53. The van der Waals surface area contributed by atoms with Crippen LogP contribution in [-0.2, 0) is 0 Å². The van der Waals surface area contributed by atoms with E-state index in [1.807, 2.05) is 23.7 Å². The zero-order valence-electron chi connectivity index (χ0n) is 15.6. The number of thiazole rings is 1. The molecule has 0 atom stereocenters. The van der Waals surface area contributed by atoms with Crippen molar-refractivity contribution in [3.05, 3.63) is 35.6 Å². The Morgan fingerprint density at radius 3 is 2.56 bits per heavy atom. The molecule has 27 heavy (non-hydrogen) atoms. The van der Waals surface area contributed by atoms with Gasteiger partial charge in [-0.15, -0.1) is 11.3 Å². The first-order valence-corrected chi connectivity index (χ1v) is 10.6. The van der Waals surface area contributed by atoms with Crippen molar-refractivity contribution in [3.63, 3.8) is 0 Å². The molecule has 0 radical (unpaired) electrons. The largest absolute Gasteiger partial charge is 0.467 e. The molecule has 6 heteroatoms. The van der Waals surface area contributed by atoms with E-state index in [0.29, 0.717) is 11.9 Å². The van der Waals surface area contributed by atoms with Gasteiger partial charge in [-0.05, 0) is 56.5 Å². The van der Waals surface area contributed by atoms with Gasteiger partial charge in [-0.3, -0.25) is 0 Å². The topological polar surface area (TPSA) is 51.1 Å². The molecule has 1 aromatic carbocycles. The van der Waals surface area contributed by atoms with Crippen molar-refractivity contribution in [3.8, 4) is 17.1 Å². The van der Waals surface area contributed by atoms with Gasteiger partial charge in [0.05, 0.1) is 22.3 Å². The van der Waals surface area contributed by atoms with E-state index in [9.17, 15) is 0 Å². The Labute approximate surface area is 163 Å². The number of likely N-dealkylation sites (tertiary alicyclic amines) is 1. The highest BCUT2D eigenvalue weighted by atomic mass is 32.1. The Morgan fingerprint density at radius 1 is 1.04 bits per heavy atom. The minimum absolute atomic E-state index is 0.396. The summed E-state index contributed by atoms with van der Waals surface area (Å²) < 4.78 is 6.29. The molecule has 1 aliphatic carbocycles. The van der Waals surface area contributed by atoms with Crippen LogP contribution in [0.2, 0.25) is 0 Å². The third-order valence-electron chi connectivity index (χ3n) is 5.92. The molecule has 2 aromatic heterocycles. The van der Waals surface area contributed by atoms with Gasteiger partial charge >= 0.3 is 6.01 Å². The molecule has 0 amide bonds. The van der Waals surface area contributed by atoms with Gasteiger partial charge in [-0.25, -0.2) is 15.0 Å². The summed E-state index contributed by atoms with van der Waals surface area (Å²) in [5, 5.41) is 1.31. The Morgan fingerprint density at radius 2 is 1.81 bits per heavy atom. The number of rotatable bonds is 4. The van der Waals surface area contributed by atoms with Gasteiger partial charge in [0.15, 0.2) is 0 Å². The number of fused-ring (bicyclic) bond motifs is 1. The summed E-state index contributed by atoms with van der Waals surface area (Å²) in [5.41, 5.74) is 3.23. The normalized spacial score (nSPS) is 23.3. The zero-order valence-corrected chi connectivity index (χ0v) is 16.4.